The third kappa shape index (κ3) is 7.14. The largest absolute Gasteiger partial charge is 0.497 e. The van der Waals surface area contributed by atoms with Gasteiger partial charge in [0.25, 0.3) is 5.91 Å². The van der Waals surface area contributed by atoms with Crippen LogP contribution in [-0.2, 0) is 20.7 Å². The Bertz CT molecular complexity index is 1530. The minimum atomic E-state index is -1.24. The van der Waals surface area contributed by atoms with Gasteiger partial charge in [-0.2, -0.15) is 0 Å². The van der Waals surface area contributed by atoms with Crippen molar-refractivity contribution in [2.24, 2.45) is 0 Å². The number of nitrogens with two attached hydrogens (primary N) is 1. The van der Waals surface area contributed by atoms with E-state index < -0.39 is 24.5 Å². The molecule has 0 spiro atoms. The quantitative estimate of drug-likeness (QED) is 0.222. The number of aromatic nitrogens is 1. The summed E-state index contributed by atoms with van der Waals surface area (Å²) in [5.41, 5.74) is 8.33. The summed E-state index contributed by atoms with van der Waals surface area (Å²) >= 11 is 5.91. The Morgan fingerprint density at radius 3 is 2.10 bits per heavy atom. The Hall–Kier alpha value is -4.83. The van der Waals surface area contributed by atoms with Crippen molar-refractivity contribution in [2.45, 2.75) is 13.3 Å². The van der Waals surface area contributed by atoms with Crippen LogP contribution in [-0.4, -0.2) is 52.3 Å². The van der Waals surface area contributed by atoms with Crippen LogP contribution in [0.3, 0.4) is 0 Å². The van der Waals surface area contributed by atoms with Gasteiger partial charge >= 0.3 is 17.9 Å². The van der Waals surface area contributed by atoms with E-state index in [0.717, 1.165) is 0 Å². The maximum atomic E-state index is 13.2. The number of aliphatic carboxylic acids is 1. The van der Waals surface area contributed by atoms with Crippen LogP contribution in [0.15, 0.2) is 66.7 Å². The number of benzene rings is 3. The van der Waals surface area contributed by atoms with E-state index in [2.05, 4.69) is 0 Å². The highest BCUT2D eigenvalue weighted by molar-refractivity contribution is 6.30. The highest BCUT2D eigenvalue weighted by Crippen LogP contribution is 2.31. The van der Waals surface area contributed by atoms with Gasteiger partial charge in [0.05, 0.1) is 24.6 Å². The van der Waals surface area contributed by atoms with E-state index in [1.54, 1.807) is 61.5 Å². The monoisotopic (exact) mass is 552 g/mol. The van der Waals surface area contributed by atoms with Crippen molar-refractivity contribution < 1.29 is 38.9 Å². The number of hydrogen-bond acceptors (Lipinski definition) is 7. The molecule has 0 amide bonds. The lowest BCUT2D eigenvalue weighted by Gasteiger charge is -2.08. The van der Waals surface area contributed by atoms with Crippen molar-refractivity contribution >= 4 is 52.0 Å². The van der Waals surface area contributed by atoms with Gasteiger partial charge in [-0.3, -0.25) is 14.2 Å². The Labute approximate surface area is 228 Å². The van der Waals surface area contributed by atoms with E-state index in [0.29, 0.717) is 44.2 Å². The first kappa shape index (κ1) is 28.7. The standard InChI is InChI=1S/C21H18ClNO6.C7H7NO2/c1-12-16(10-20(26)29-11-19(24)25)17-9-15(28-2)7-8-18(17)23(12)21(27)13-3-5-14(22)6-4-13;8-6-3-1-5(2-4-6)7(9)10/h3-9H,10-11H2,1-2H3,(H,24,25);1-4H,8H2,(H,9,10). The third-order valence-corrected chi connectivity index (χ3v) is 5.92. The molecule has 3 aromatic carbocycles. The van der Waals surface area contributed by atoms with Crippen molar-refractivity contribution in [1.29, 1.82) is 0 Å². The maximum Gasteiger partial charge on any atom is 0.341 e. The molecule has 202 valence electrons. The molecule has 4 rings (SSSR count). The van der Waals surface area contributed by atoms with E-state index >= 15 is 0 Å². The van der Waals surface area contributed by atoms with E-state index in [4.69, 9.17) is 37.0 Å². The lowest BCUT2D eigenvalue weighted by molar-refractivity contribution is -0.154. The van der Waals surface area contributed by atoms with Gasteiger partial charge in [0.1, 0.15) is 5.75 Å². The molecule has 0 fully saturated rings. The van der Waals surface area contributed by atoms with Gasteiger partial charge in [-0.05, 0) is 79.2 Å². The lowest BCUT2D eigenvalue weighted by atomic mass is 10.1. The molecule has 0 atom stereocenters. The number of carbonyl (C=O) groups is 4. The average Bonchev–Trinajstić information content (AvgIpc) is 3.18. The first-order chi connectivity index (χ1) is 18.5. The van der Waals surface area contributed by atoms with Gasteiger partial charge in [0.15, 0.2) is 6.61 Å². The SMILES string of the molecule is COc1ccc2c(c1)c(CC(=O)OCC(=O)O)c(C)n2C(=O)c1ccc(Cl)cc1.Nc1ccc(C(=O)O)cc1. The zero-order valence-electron chi connectivity index (χ0n) is 21.0. The molecule has 1 heterocycles. The molecule has 0 aliphatic heterocycles. The van der Waals surface area contributed by atoms with Crippen LogP contribution >= 0.6 is 11.6 Å². The highest BCUT2D eigenvalue weighted by atomic mass is 35.5. The van der Waals surface area contributed by atoms with Crippen molar-refractivity contribution in [2.75, 3.05) is 19.5 Å². The van der Waals surface area contributed by atoms with Crippen LogP contribution in [0, 0.1) is 6.92 Å². The molecule has 39 heavy (non-hydrogen) atoms. The molecule has 0 saturated heterocycles. The number of methoxy groups -OCH3 is 1. The molecule has 0 aliphatic carbocycles. The molecule has 0 aliphatic rings. The molecular formula is C28H25ClN2O8. The van der Waals surface area contributed by atoms with Crippen LogP contribution in [0.1, 0.15) is 32.0 Å². The lowest BCUT2D eigenvalue weighted by Crippen LogP contribution is -2.16. The van der Waals surface area contributed by atoms with Crippen LogP contribution in [0.25, 0.3) is 10.9 Å². The number of aromatic carboxylic acids is 1. The fourth-order valence-electron chi connectivity index (χ4n) is 3.76. The number of carboxylic acids is 2. The molecule has 0 radical (unpaired) electrons. The van der Waals surface area contributed by atoms with Gasteiger partial charge in [-0.1, -0.05) is 11.6 Å². The van der Waals surface area contributed by atoms with E-state index in [-0.39, 0.29) is 17.9 Å². The molecule has 1 aromatic heterocycles. The minimum Gasteiger partial charge on any atom is -0.497 e. The molecular weight excluding hydrogens is 528 g/mol. The predicted molar refractivity (Wildman–Crippen MR) is 145 cm³/mol. The van der Waals surface area contributed by atoms with Crippen molar-refractivity contribution in [3.05, 3.63) is 94.1 Å². The van der Waals surface area contributed by atoms with Crippen LogP contribution < -0.4 is 10.5 Å². The molecule has 4 N–H and O–H groups in total. The van der Waals surface area contributed by atoms with E-state index in [9.17, 15) is 19.2 Å². The summed E-state index contributed by atoms with van der Waals surface area (Å²) in [6, 6.07) is 17.8. The summed E-state index contributed by atoms with van der Waals surface area (Å²) in [5, 5.41) is 18.3. The number of esters is 1. The number of nitrogens with zero attached hydrogens (tertiary/aromatic N) is 1. The fraction of sp³-hybridized carbons (Fsp3) is 0.143. The summed E-state index contributed by atoms with van der Waals surface area (Å²) < 4.78 is 11.5. The number of carboxylic acid groups (broad SMARTS) is 2. The number of anilines is 1. The maximum absolute atomic E-state index is 13.2. The predicted octanol–water partition coefficient (Wildman–Crippen LogP) is 4.44. The Morgan fingerprint density at radius 2 is 1.54 bits per heavy atom. The van der Waals surface area contributed by atoms with Gasteiger partial charge < -0.3 is 25.4 Å². The number of carbonyl (C=O) groups excluding carboxylic acids is 2. The number of fused-ring (bicyclic) bond motifs is 1. The smallest absolute Gasteiger partial charge is 0.341 e. The second kappa shape index (κ2) is 12.6. The molecule has 0 unspecified atom stereocenters. The topological polar surface area (TPSA) is 158 Å². The Kier molecular flexibility index (Phi) is 9.29. The Balaban J connectivity index is 0.000000353. The van der Waals surface area contributed by atoms with Gasteiger partial charge in [0.2, 0.25) is 0 Å². The van der Waals surface area contributed by atoms with Crippen LogP contribution in [0.4, 0.5) is 5.69 Å². The van der Waals surface area contributed by atoms with Crippen molar-refractivity contribution in [3.8, 4) is 5.75 Å². The summed E-state index contributed by atoms with van der Waals surface area (Å²) in [5.74, 6) is -2.58. The summed E-state index contributed by atoms with van der Waals surface area (Å²) in [4.78, 5) is 46.2. The highest BCUT2D eigenvalue weighted by Gasteiger charge is 2.22. The van der Waals surface area contributed by atoms with Crippen LogP contribution in [0.2, 0.25) is 5.02 Å². The number of hydrogen-bond donors (Lipinski definition) is 3. The number of halogens is 1. The molecule has 11 heteroatoms. The second-order valence-corrected chi connectivity index (χ2v) is 8.69. The molecule has 0 bridgehead atoms. The third-order valence-electron chi connectivity index (χ3n) is 5.67. The summed E-state index contributed by atoms with van der Waals surface area (Å²) in [7, 11) is 1.52. The second-order valence-electron chi connectivity index (χ2n) is 8.25. The van der Waals surface area contributed by atoms with E-state index in [1.165, 1.54) is 23.8 Å². The number of rotatable bonds is 7. The minimum absolute atomic E-state index is 0.177. The molecule has 0 saturated carbocycles. The normalized spacial score (nSPS) is 10.3. The first-order valence-corrected chi connectivity index (χ1v) is 11.8. The van der Waals surface area contributed by atoms with Crippen LogP contribution in [0.5, 0.6) is 5.75 Å². The molecule has 4 aromatic rings. The van der Waals surface area contributed by atoms with Gasteiger partial charge in [0, 0.05) is 27.4 Å². The van der Waals surface area contributed by atoms with Gasteiger partial charge in [-0.25, -0.2) is 9.59 Å². The molecule has 10 nitrogen and oxygen atoms in total. The first-order valence-electron chi connectivity index (χ1n) is 11.5. The Morgan fingerprint density at radius 1 is 0.923 bits per heavy atom. The fourth-order valence-corrected chi connectivity index (χ4v) is 3.89. The number of nitrogen functional groups attached to an aromatic ring is 1. The van der Waals surface area contributed by atoms with E-state index in [1.807, 2.05) is 0 Å². The van der Waals surface area contributed by atoms with Crippen molar-refractivity contribution in [3.63, 3.8) is 0 Å². The summed E-state index contributed by atoms with van der Waals surface area (Å²) in [6.45, 7) is 1.00. The zero-order valence-corrected chi connectivity index (χ0v) is 21.8. The average molecular weight is 553 g/mol. The zero-order chi connectivity index (χ0) is 28.7. The van der Waals surface area contributed by atoms with Crippen molar-refractivity contribution in [1.82, 2.24) is 4.57 Å². The summed E-state index contributed by atoms with van der Waals surface area (Å²) in [6.07, 6.45) is -0.177. The van der Waals surface area contributed by atoms with Gasteiger partial charge in [-0.15, -0.1) is 0 Å². The number of ether oxygens (including phenoxy) is 2.